The predicted molar refractivity (Wildman–Crippen MR) is 70.2 cm³/mol. The third-order valence-electron chi connectivity index (χ3n) is 1.81. The van der Waals surface area contributed by atoms with Crippen molar-refractivity contribution < 1.29 is 0 Å². The monoisotopic (exact) mass is 228 g/mol. The molecule has 3 heteroatoms. The molecule has 0 aliphatic rings. The normalized spacial score (nSPS) is 8.88. The zero-order chi connectivity index (χ0) is 11.6. The van der Waals surface area contributed by atoms with Gasteiger partial charge in [0.25, 0.3) is 0 Å². The van der Waals surface area contributed by atoms with E-state index in [1.54, 1.807) is 12.4 Å². The molecule has 0 aliphatic carbocycles. The minimum absolute atomic E-state index is 0.417. The van der Waals surface area contributed by atoms with Gasteiger partial charge in [0.05, 0.1) is 0 Å². The van der Waals surface area contributed by atoms with E-state index in [0.29, 0.717) is 15.2 Å². The fourth-order valence-corrected chi connectivity index (χ4v) is 1.19. The quantitative estimate of drug-likeness (QED) is 0.738. The van der Waals surface area contributed by atoms with Gasteiger partial charge in [-0.1, -0.05) is 12.1 Å². The molecule has 0 saturated heterocycles. The molecular weight excluding hydrogens is 211 g/mol. The first-order valence-corrected chi connectivity index (χ1v) is 8.49. The summed E-state index contributed by atoms with van der Waals surface area (Å²) in [6.07, 6.45) is 4.41. The Morgan fingerprint density at radius 1 is 0.875 bits per heavy atom. The number of hydrogen-bond donors (Lipinski definition) is 0. The van der Waals surface area contributed by atoms with Crippen molar-refractivity contribution in [1.82, 2.24) is 9.97 Å². The standard InChI is InChI=1S/C11H10N2.2CH3.Al.H/c1-3-7-12-10(5-1)9-11-6-2-4-8-13-11;;;;/h1-8H,9H2;2*1H3;;. The van der Waals surface area contributed by atoms with E-state index in [1.807, 2.05) is 36.4 Å². The number of pyridine rings is 2. The van der Waals surface area contributed by atoms with Gasteiger partial charge in [-0.15, -0.1) is 11.6 Å². The molecule has 0 fully saturated rings. The van der Waals surface area contributed by atoms with Gasteiger partial charge in [-0.2, -0.15) is 0 Å². The average Bonchev–Trinajstić information content (AvgIpc) is 2.33. The largest absolute Gasteiger partial charge is 0.261 e. The van der Waals surface area contributed by atoms with Crippen molar-refractivity contribution >= 4 is 15.2 Å². The van der Waals surface area contributed by atoms with Crippen LogP contribution in [-0.4, -0.2) is 25.2 Å². The van der Waals surface area contributed by atoms with Gasteiger partial charge < -0.3 is 0 Å². The van der Waals surface area contributed by atoms with Crippen molar-refractivity contribution in [3.63, 3.8) is 0 Å². The van der Waals surface area contributed by atoms with Crippen molar-refractivity contribution in [3.8, 4) is 0 Å². The van der Waals surface area contributed by atoms with Crippen LogP contribution in [0, 0.1) is 0 Å². The van der Waals surface area contributed by atoms with Crippen LogP contribution in [0.5, 0.6) is 0 Å². The first-order valence-electron chi connectivity index (χ1n) is 5.66. The molecule has 0 radical (unpaired) electrons. The third kappa shape index (κ3) is 5.07. The van der Waals surface area contributed by atoms with Crippen molar-refractivity contribution in [2.75, 3.05) is 0 Å². The van der Waals surface area contributed by atoms with Crippen LogP contribution < -0.4 is 0 Å². The van der Waals surface area contributed by atoms with Gasteiger partial charge in [-0.05, 0) is 24.3 Å². The number of nitrogens with zero attached hydrogens (tertiary/aromatic N) is 2. The lowest BCUT2D eigenvalue weighted by atomic mass is 10.2. The Balaban J connectivity index is 0.000000386. The summed E-state index contributed by atoms with van der Waals surface area (Å²) < 4.78 is 0. The van der Waals surface area contributed by atoms with Crippen molar-refractivity contribution in [2.24, 2.45) is 0 Å². The van der Waals surface area contributed by atoms with Gasteiger partial charge in [-0.3, -0.25) is 9.97 Å². The number of rotatable bonds is 2. The van der Waals surface area contributed by atoms with Gasteiger partial charge in [0.15, 0.2) is 0 Å². The maximum atomic E-state index is 4.23. The van der Waals surface area contributed by atoms with Crippen LogP contribution >= 0.6 is 0 Å². The molecule has 2 nitrogen and oxygen atoms in total. The van der Waals surface area contributed by atoms with Crippen molar-refractivity contribution in [2.45, 2.75) is 18.0 Å². The minimum Gasteiger partial charge on any atom is -0.261 e. The molecule has 0 aromatic carbocycles. The molecule has 0 N–H and O–H groups in total. The topological polar surface area (TPSA) is 25.8 Å². The highest BCUT2D eigenvalue weighted by Gasteiger charge is 1.95. The van der Waals surface area contributed by atoms with Crippen LogP contribution in [0.4, 0.5) is 0 Å². The molecule has 0 unspecified atom stereocenters. The second kappa shape index (κ2) is 8.04. The zero-order valence-corrected chi connectivity index (χ0v) is 11.3. The minimum atomic E-state index is 0.417. The SMILES string of the molecule is [CH3][AlH][CH3].c1ccc(Cc2ccccn2)nc1. The summed E-state index contributed by atoms with van der Waals surface area (Å²) in [4.78, 5) is 8.47. The highest BCUT2D eigenvalue weighted by molar-refractivity contribution is 6.31. The van der Waals surface area contributed by atoms with E-state index in [2.05, 4.69) is 21.5 Å². The third-order valence-corrected chi connectivity index (χ3v) is 1.81. The van der Waals surface area contributed by atoms with Crippen LogP contribution in [0.3, 0.4) is 0 Å². The smallest absolute Gasteiger partial charge is 0.229 e. The Hall–Kier alpha value is -1.17. The van der Waals surface area contributed by atoms with E-state index in [-0.39, 0.29) is 0 Å². The van der Waals surface area contributed by atoms with Gasteiger partial charge in [0.1, 0.15) is 0 Å². The molecule has 2 aromatic rings. The lowest BCUT2D eigenvalue weighted by molar-refractivity contribution is 1.01. The Morgan fingerprint density at radius 2 is 1.31 bits per heavy atom. The Labute approximate surface area is 103 Å². The van der Waals surface area contributed by atoms with Crippen LogP contribution in [0.25, 0.3) is 0 Å². The van der Waals surface area contributed by atoms with Gasteiger partial charge in [0, 0.05) is 30.2 Å². The Kier molecular flexibility index (Phi) is 6.48. The van der Waals surface area contributed by atoms with Crippen molar-refractivity contribution in [3.05, 3.63) is 60.2 Å². The molecule has 2 rings (SSSR count). The number of aromatic nitrogens is 2. The first-order chi connectivity index (χ1) is 7.86. The zero-order valence-electron chi connectivity index (χ0n) is 9.93. The highest BCUT2D eigenvalue weighted by Crippen LogP contribution is 2.02. The average molecular weight is 228 g/mol. The van der Waals surface area contributed by atoms with Crippen LogP contribution in [0.15, 0.2) is 48.8 Å². The molecular formula is C13H17AlN2. The molecule has 2 heterocycles. The lowest BCUT2D eigenvalue weighted by Crippen LogP contribution is -1.92. The van der Waals surface area contributed by atoms with E-state index in [1.165, 1.54) is 0 Å². The molecule has 82 valence electrons. The first kappa shape index (κ1) is 12.9. The lowest BCUT2D eigenvalue weighted by Gasteiger charge is -1.98. The maximum Gasteiger partial charge on any atom is 0.229 e. The fourth-order valence-electron chi connectivity index (χ4n) is 1.19. The molecule has 2 aromatic heterocycles. The van der Waals surface area contributed by atoms with Gasteiger partial charge in [0.2, 0.25) is 15.2 Å². The summed E-state index contributed by atoms with van der Waals surface area (Å²) in [5.41, 5.74) is 2.11. The highest BCUT2D eigenvalue weighted by atomic mass is 27.1. The second-order valence-corrected chi connectivity index (χ2v) is 4.94. The Morgan fingerprint density at radius 3 is 1.62 bits per heavy atom. The molecule has 0 atom stereocenters. The van der Waals surface area contributed by atoms with Crippen molar-refractivity contribution in [1.29, 1.82) is 0 Å². The summed E-state index contributed by atoms with van der Waals surface area (Å²) in [7, 11) is 0. The summed E-state index contributed by atoms with van der Waals surface area (Å²) in [5.74, 6) is 4.53. The van der Waals surface area contributed by atoms with Crippen LogP contribution in [-0.2, 0) is 6.42 Å². The second-order valence-electron chi connectivity index (χ2n) is 3.53. The number of hydrogen-bond acceptors (Lipinski definition) is 2. The van der Waals surface area contributed by atoms with Gasteiger partial charge >= 0.3 is 0 Å². The van der Waals surface area contributed by atoms with E-state index < -0.39 is 0 Å². The molecule has 0 aliphatic heterocycles. The predicted octanol–water partition coefficient (Wildman–Crippen LogP) is 2.59. The van der Waals surface area contributed by atoms with E-state index in [4.69, 9.17) is 0 Å². The summed E-state index contributed by atoms with van der Waals surface area (Å²) in [5, 5.41) is 0. The van der Waals surface area contributed by atoms with Crippen LogP contribution in [0.1, 0.15) is 11.4 Å². The molecule has 0 saturated carbocycles. The molecule has 16 heavy (non-hydrogen) atoms. The van der Waals surface area contributed by atoms with Gasteiger partial charge in [-0.25, -0.2) is 0 Å². The van der Waals surface area contributed by atoms with E-state index >= 15 is 0 Å². The van der Waals surface area contributed by atoms with E-state index in [9.17, 15) is 0 Å². The Bertz CT molecular complexity index is 338. The summed E-state index contributed by atoms with van der Waals surface area (Å²) >= 11 is 0.417. The molecule has 0 bridgehead atoms. The van der Waals surface area contributed by atoms with Crippen LogP contribution in [0.2, 0.25) is 11.6 Å². The van der Waals surface area contributed by atoms with E-state index in [0.717, 1.165) is 17.8 Å². The maximum absolute atomic E-state index is 4.23. The molecule has 0 amide bonds. The molecule has 0 spiro atoms. The fraction of sp³-hybridized carbons (Fsp3) is 0.231. The summed E-state index contributed by atoms with van der Waals surface area (Å²) in [6, 6.07) is 11.8. The summed E-state index contributed by atoms with van der Waals surface area (Å²) in [6.45, 7) is 0.